The van der Waals surface area contributed by atoms with E-state index >= 15 is 0 Å². The third-order valence-electron chi connectivity index (χ3n) is 5.40. The number of nitrogens with zero attached hydrogens (tertiary/aromatic N) is 2. The van der Waals surface area contributed by atoms with Crippen LogP contribution in [0, 0.1) is 11.7 Å². The van der Waals surface area contributed by atoms with Gasteiger partial charge in [0.15, 0.2) is 9.84 Å². The number of carbonyl (C=O) groups excluding carboxylic acids is 1. The van der Waals surface area contributed by atoms with E-state index in [0.717, 1.165) is 25.9 Å². The van der Waals surface area contributed by atoms with Crippen molar-refractivity contribution in [2.24, 2.45) is 5.92 Å². The summed E-state index contributed by atoms with van der Waals surface area (Å²) in [7, 11) is -1.41. The highest BCUT2D eigenvalue weighted by Crippen LogP contribution is 2.27. The summed E-state index contributed by atoms with van der Waals surface area (Å²) in [4.78, 5) is 16.9. The maximum atomic E-state index is 13.0. The summed E-state index contributed by atoms with van der Waals surface area (Å²) < 4.78 is 38.4. The van der Waals surface area contributed by atoms with Crippen LogP contribution in [0.4, 0.5) is 4.39 Å². The van der Waals surface area contributed by atoms with Crippen LogP contribution in [0.5, 0.6) is 0 Å². The fourth-order valence-corrected chi connectivity index (χ4v) is 5.45. The van der Waals surface area contributed by atoms with Crippen molar-refractivity contribution in [3.63, 3.8) is 0 Å². The van der Waals surface area contributed by atoms with Crippen LogP contribution in [0.1, 0.15) is 25.7 Å². The van der Waals surface area contributed by atoms with Gasteiger partial charge >= 0.3 is 0 Å². The molecule has 2 saturated heterocycles. The van der Waals surface area contributed by atoms with Crippen LogP contribution < -0.4 is 0 Å². The summed E-state index contributed by atoms with van der Waals surface area (Å²) in [6, 6.07) is 4.98. The summed E-state index contributed by atoms with van der Waals surface area (Å²) >= 11 is 0. The smallest absolute Gasteiger partial charge is 0.225 e. The van der Waals surface area contributed by atoms with Crippen molar-refractivity contribution in [2.45, 2.75) is 35.8 Å². The van der Waals surface area contributed by atoms with Gasteiger partial charge in [0.25, 0.3) is 0 Å². The molecule has 0 aliphatic carbocycles. The molecule has 0 radical (unpaired) electrons. The lowest BCUT2D eigenvalue weighted by molar-refractivity contribution is -0.137. The highest BCUT2D eigenvalue weighted by atomic mass is 32.2. The first-order valence-electron chi connectivity index (χ1n) is 8.85. The molecular weight excluding hydrogens is 343 g/mol. The summed E-state index contributed by atoms with van der Waals surface area (Å²) in [6.45, 7) is 2.84. The quantitative estimate of drug-likeness (QED) is 0.765. The van der Waals surface area contributed by atoms with Gasteiger partial charge in [-0.15, -0.1) is 0 Å². The fourth-order valence-electron chi connectivity index (χ4n) is 3.72. The molecule has 0 atom stereocenters. The monoisotopic (exact) mass is 368 g/mol. The van der Waals surface area contributed by atoms with E-state index in [0.29, 0.717) is 25.9 Å². The number of halogens is 1. The maximum absolute atomic E-state index is 13.0. The molecule has 5 nitrogen and oxygen atoms in total. The molecule has 2 aliphatic heterocycles. The molecule has 2 aliphatic rings. The van der Waals surface area contributed by atoms with Crippen molar-refractivity contribution in [3.05, 3.63) is 30.1 Å². The third-order valence-corrected chi connectivity index (χ3v) is 7.68. The van der Waals surface area contributed by atoms with Crippen molar-refractivity contribution in [3.8, 4) is 0 Å². The molecule has 1 aromatic rings. The van der Waals surface area contributed by atoms with Crippen LogP contribution in [0.25, 0.3) is 0 Å². The first-order chi connectivity index (χ1) is 11.9. The first kappa shape index (κ1) is 18.3. The summed E-state index contributed by atoms with van der Waals surface area (Å²) in [5.41, 5.74) is 0. The number of amides is 1. The van der Waals surface area contributed by atoms with Gasteiger partial charge in [-0.2, -0.15) is 0 Å². The van der Waals surface area contributed by atoms with Gasteiger partial charge in [0.2, 0.25) is 5.91 Å². The van der Waals surface area contributed by atoms with Gasteiger partial charge in [-0.1, -0.05) is 0 Å². The number of carbonyl (C=O) groups is 1. The molecule has 0 N–H and O–H groups in total. The Hall–Kier alpha value is -1.47. The Bertz CT molecular complexity index is 704. The molecule has 2 fully saturated rings. The number of hydrogen-bond donors (Lipinski definition) is 0. The zero-order valence-electron chi connectivity index (χ0n) is 14.5. The molecule has 1 aromatic carbocycles. The molecule has 7 heteroatoms. The molecule has 0 spiro atoms. The minimum atomic E-state index is -3.47. The zero-order chi connectivity index (χ0) is 18.0. The second kappa shape index (κ2) is 7.41. The first-order valence-corrected chi connectivity index (χ1v) is 10.4. The van der Waals surface area contributed by atoms with E-state index < -0.39 is 20.9 Å². The van der Waals surface area contributed by atoms with E-state index in [9.17, 15) is 17.6 Å². The van der Waals surface area contributed by atoms with Gasteiger partial charge in [0, 0.05) is 19.0 Å². The number of likely N-dealkylation sites (tertiary alicyclic amines) is 2. The molecular formula is C18H25FN2O3S. The Morgan fingerprint density at radius 2 is 1.56 bits per heavy atom. The van der Waals surface area contributed by atoms with Crippen molar-refractivity contribution in [1.29, 1.82) is 0 Å². The molecule has 25 heavy (non-hydrogen) atoms. The van der Waals surface area contributed by atoms with Crippen LogP contribution in [0.2, 0.25) is 0 Å². The van der Waals surface area contributed by atoms with Crippen molar-refractivity contribution < 1.29 is 17.6 Å². The van der Waals surface area contributed by atoms with E-state index in [-0.39, 0.29) is 16.7 Å². The number of rotatable bonds is 3. The molecule has 1 amide bonds. The molecule has 138 valence electrons. The van der Waals surface area contributed by atoms with Gasteiger partial charge in [-0.05, 0) is 70.1 Å². The highest BCUT2D eigenvalue weighted by molar-refractivity contribution is 7.92. The zero-order valence-corrected chi connectivity index (χ0v) is 15.3. The molecule has 0 bridgehead atoms. The Kier molecular flexibility index (Phi) is 5.43. The number of hydrogen-bond acceptors (Lipinski definition) is 4. The van der Waals surface area contributed by atoms with Crippen LogP contribution in [-0.4, -0.2) is 62.6 Å². The average molecular weight is 368 g/mol. The minimum Gasteiger partial charge on any atom is -0.342 e. The standard InChI is InChI=1S/C18H25FN2O3S/c1-20-10-6-14(7-11-20)18(22)21-12-8-17(9-13-21)25(23,24)16-4-2-15(19)3-5-16/h2-5,14,17H,6-13H2,1H3. The minimum absolute atomic E-state index is 0.0708. The maximum Gasteiger partial charge on any atom is 0.225 e. The van der Waals surface area contributed by atoms with E-state index in [1.54, 1.807) is 0 Å². The van der Waals surface area contributed by atoms with Gasteiger partial charge in [0.05, 0.1) is 10.1 Å². The SMILES string of the molecule is CN1CCC(C(=O)N2CCC(S(=O)(=O)c3ccc(F)cc3)CC2)CC1. The molecule has 0 saturated carbocycles. The third kappa shape index (κ3) is 4.03. The molecule has 2 heterocycles. The van der Waals surface area contributed by atoms with Gasteiger partial charge in [0.1, 0.15) is 5.82 Å². The Morgan fingerprint density at radius 1 is 1.00 bits per heavy atom. The van der Waals surface area contributed by atoms with Crippen molar-refractivity contribution >= 4 is 15.7 Å². The van der Waals surface area contributed by atoms with Crippen molar-refractivity contribution in [1.82, 2.24) is 9.80 Å². The normalized spacial score (nSPS) is 21.4. The summed E-state index contributed by atoms with van der Waals surface area (Å²) in [5.74, 6) is -0.204. The second-order valence-electron chi connectivity index (χ2n) is 7.10. The molecule has 0 aromatic heterocycles. The Morgan fingerprint density at radius 3 is 2.12 bits per heavy atom. The second-order valence-corrected chi connectivity index (χ2v) is 9.33. The van der Waals surface area contributed by atoms with E-state index in [1.165, 1.54) is 24.3 Å². The predicted molar refractivity (Wildman–Crippen MR) is 93.4 cm³/mol. The van der Waals surface area contributed by atoms with E-state index in [1.807, 2.05) is 4.90 Å². The highest BCUT2D eigenvalue weighted by Gasteiger charge is 2.35. The van der Waals surface area contributed by atoms with E-state index in [2.05, 4.69) is 11.9 Å². The van der Waals surface area contributed by atoms with Gasteiger partial charge in [-0.25, -0.2) is 12.8 Å². The summed E-state index contributed by atoms with van der Waals surface area (Å²) in [6.07, 6.45) is 2.64. The Labute approximate surface area is 148 Å². The summed E-state index contributed by atoms with van der Waals surface area (Å²) in [5, 5.41) is -0.500. The molecule has 0 unspecified atom stereocenters. The lowest BCUT2D eigenvalue weighted by Crippen LogP contribution is -2.46. The van der Waals surface area contributed by atoms with Gasteiger partial charge in [-0.3, -0.25) is 4.79 Å². The predicted octanol–water partition coefficient (Wildman–Crippen LogP) is 1.93. The topological polar surface area (TPSA) is 57.7 Å². The van der Waals surface area contributed by atoms with Crippen LogP contribution in [0.3, 0.4) is 0 Å². The lowest BCUT2D eigenvalue weighted by atomic mass is 9.94. The largest absolute Gasteiger partial charge is 0.342 e. The van der Waals surface area contributed by atoms with Crippen LogP contribution in [0.15, 0.2) is 29.2 Å². The fraction of sp³-hybridized carbons (Fsp3) is 0.611. The van der Waals surface area contributed by atoms with Crippen LogP contribution in [-0.2, 0) is 14.6 Å². The lowest BCUT2D eigenvalue weighted by Gasteiger charge is -2.36. The van der Waals surface area contributed by atoms with Crippen molar-refractivity contribution in [2.75, 3.05) is 33.2 Å². The average Bonchev–Trinajstić information content (AvgIpc) is 2.62. The van der Waals surface area contributed by atoms with E-state index in [4.69, 9.17) is 0 Å². The number of piperidine rings is 2. The number of benzene rings is 1. The molecule has 3 rings (SSSR count). The van der Waals surface area contributed by atoms with Crippen LogP contribution >= 0.6 is 0 Å². The number of sulfone groups is 1. The Balaban J connectivity index is 1.59. The van der Waals surface area contributed by atoms with Gasteiger partial charge < -0.3 is 9.80 Å².